The van der Waals surface area contributed by atoms with Crippen molar-refractivity contribution >= 4 is 28.1 Å². The van der Waals surface area contributed by atoms with E-state index in [1.807, 2.05) is 60.0 Å². The summed E-state index contributed by atoms with van der Waals surface area (Å²) in [5, 5.41) is 6.11. The molecule has 0 spiro atoms. The topological polar surface area (TPSA) is 54.9 Å². The number of hydrogen-bond donors (Lipinski definition) is 1. The van der Waals surface area contributed by atoms with Crippen LogP contribution in [0.3, 0.4) is 0 Å². The van der Waals surface area contributed by atoms with Crippen LogP contribution in [0.2, 0.25) is 0 Å². The summed E-state index contributed by atoms with van der Waals surface area (Å²) >= 11 is 1.66. The predicted molar refractivity (Wildman–Crippen MR) is 114 cm³/mol. The number of amides is 1. The van der Waals surface area contributed by atoms with Gasteiger partial charge in [0.2, 0.25) is 0 Å². The van der Waals surface area contributed by atoms with Gasteiger partial charge < -0.3 is 5.32 Å². The molecule has 5 heteroatoms. The highest BCUT2D eigenvalue weighted by atomic mass is 32.1. The van der Waals surface area contributed by atoms with Crippen molar-refractivity contribution < 1.29 is 4.79 Å². The SMILES string of the molecule is CC(C)[C@@H](NC(=O)c1cc(-c2ccccn2)nc2ccccc12)c1cccs1. The maximum Gasteiger partial charge on any atom is 0.252 e. The number of carbonyl (C=O) groups excluding carboxylic acids is 1. The molecule has 0 aliphatic heterocycles. The molecule has 28 heavy (non-hydrogen) atoms. The fourth-order valence-corrected chi connectivity index (χ4v) is 4.21. The molecule has 4 aromatic rings. The highest BCUT2D eigenvalue weighted by Crippen LogP contribution is 2.28. The standard InChI is InChI=1S/C23H21N3OS/c1-15(2)22(21-11-7-13-28-21)26-23(27)17-14-20(19-10-5-6-12-24-19)25-18-9-4-3-8-16(17)18/h3-15,22H,1-2H3,(H,26,27)/t22-/m1/s1. The van der Waals surface area contributed by atoms with Crippen molar-refractivity contribution in [2.24, 2.45) is 5.92 Å². The molecule has 0 bridgehead atoms. The fraction of sp³-hybridized carbons (Fsp3) is 0.174. The van der Waals surface area contributed by atoms with E-state index in [4.69, 9.17) is 4.98 Å². The van der Waals surface area contributed by atoms with Crippen LogP contribution >= 0.6 is 11.3 Å². The highest BCUT2D eigenvalue weighted by Gasteiger charge is 2.22. The van der Waals surface area contributed by atoms with E-state index in [0.29, 0.717) is 11.3 Å². The summed E-state index contributed by atoms with van der Waals surface area (Å²) < 4.78 is 0. The van der Waals surface area contributed by atoms with E-state index in [1.165, 1.54) is 0 Å². The van der Waals surface area contributed by atoms with Gasteiger partial charge in [-0.2, -0.15) is 0 Å². The summed E-state index contributed by atoms with van der Waals surface area (Å²) in [6.45, 7) is 4.24. The third-order valence-corrected chi connectivity index (χ3v) is 5.65. The molecule has 0 aliphatic carbocycles. The van der Waals surface area contributed by atoms with Crippen molar-refractivity contribution in [3.63, 3.8) is 0 Å². The molecule has 0 radical (unpaired) electrons. The number of nitrogens with zero attached hydrogens (tertiary/aromatic N) is 2. The summed E-state index contributed by atoms with van der Waals surface area (Å²) in [7, 11) is 0. The lowest BCUT2D eigenvalue weighted by Crippen LogP contribution is -2.31. The van der Waals surface area contributed by atoms with Crippen LogP contribution in [0.25, 0.3) is 22.3 Å². The molecule has 0 saturated carbocycles. The average Bonchev–Trinajstić information content (AvgIpc) is 3.26. The molecule has 0 aliphatic rings. The van der Waals surface area contributed by atoms with Gasteiger partial charge in [-0.25, -0.2) is 4.98 Å². The minimum absolute atomic E-state index is 0.0299. The zero-order valence-corrected chi connectivity index (χ0v) is 16.6. The molecule has 0 saturated heterocycles. The summed E-state index contributed by atoms with van der Waals surface area (Å²) in [5.41, 5.74) is 2.85. The molecular formula is C23H21N3OS. The van der Waals surface area contributed by atoms with Crippen molar-refractivity contribution in [1.82, 2.24) is 15.3 Å². The third kappa shape index (κ3) is 3.66. The Morgan fingerprint density at radius 2 is 1.82 bits per heavy atom. The Labute approximate surface area is 168 Å². The number of aromatic nitrogens is 2. The zero-order valence-electron chi connectivity index (χ0n) is 15.8. The maximum atomic E-state index is 13.3. The number of pyridine rings is 2. The lowest BCUT2D eigenvalue weighted by atomic mass is 10.0. The van der Waals surface area contributed by atoms with Crippen molar-refractivity contribution in [3.05, 3.63) is 82.7 Å². The van der Waals surface area contributed by atoms with Crippen LogP contribution in [0, 0.1) is 5.92 Å². The van der Waals surface area contributed by atoms with Crippen molar-refractivity contribution in [1.29, 1.82) is 0 Å². The Hall–Kier alpha value is -3.05. The number of rotatable bonds is 5. The molecule has 0 fully saturated rings. The monoisotopic (exact) mass is 387 g/mol. The molecule has 3 aromatic heterocycles. The van der Waals surface area contributed by atoms with Crippen molar-refractivity contribution in [3.8, 4) is 11.4 Å². The van der Waals surface area contributed by atoms with Gasteiger partial charge in [0.15, 0.2) is 0 Å². The summed E-state index contributed by atoms with van der Waals surface area (Å²) in [6, 6.07) is 19.3. The summed E-state index contributed by atoms with van der Waals surface area (Å²) in [6.07, 6.45) is 1.73. The Morgan fingerprint density at radius 3 is 2.54 bits per heavy atom. The Balaban J connectivity index is 1.77. The minimum Gasteiger partial charge on any atom is -0.344 e. The molecule has 1 aromatic carbocycles. The number of hydrogen-bond acceptors (Lipinski definition) is 4. The second-order valence-corrected chi connectivity index (χ2v) is 7.98. The van der Waals surface area contributed by atoms with Gasteiger partial charge in [0.1, 0.15) is 0 Å². The van der Waals surface area contributed by atoms with Gasteiger partial charge in [0, 0.05) is 16.5 Å². The molecule has 0 unspecified atom stereocenters. The second kappa shape index (κ2) is 7.90. The number of thiophene rings is 1. The first-order valence-electron chi connectivity index (χ1n) is 9.29. The summed E-state index contributed by atoms with van der Waals surface area (Å²) in [5.74, 6) is 0.189. The number of fused-ring (bicyclic) bond motifs is 1. The van der Waals surface area contributed by atoms with Crippen LogP contribution in [0.1, 0.15) is 35.1 Å². The van der Waals surface area contributed by atoms with E-state index in [2.05, 4.69) is 30.2 Å². The van der Waals surface area contributed by atoms with E-state index in [1.54, 1.807) is 17.5 Å². The maximum absolute atomic E-state index is 13.3. The average molecular weight is 388 g/mol. The van der Waals surface area contributed by atoms with Gasteiger partial charge in [0.05, 0.1) is 28.5 Å². The van der Waals surface area contributed by atoms with Crippen LogP contribution in [-0.2, 0) is 0 Å². The quantitative estimate of drug-likeness (QED) is 0.493. The van der Waals surface area contributed by atoms with Crippen LogP contribution in [0.5, 0.6) is 0 Å². The van der Waals surface area contributed by atoms with Gasteiger partial charge in [-0.3, -0.25) is 9.78 Å². The van der Waals surface area contributed by atoms with Gasteiger partial charge in [-0.05, 0) is 41.6 Å². The third-order valence-electron chi connectivity index (χ3n) is 4.69. The number of para-hydroxylation sites is 1. The number of nitrogens with one attached hydrogen (secondary N) is 1. The van der Waals surface area contributed by atoms with Gasteiger partial charge >= 0.3 is 0 Å². The Morgan fingerprint density at radius 1 is 1.00 bits per heavy atom. The van der Waals surface area contributed by atoms with E-state index < -0.39 is 0 Å². The lowest BCUT2D eigenvalue weighted by molar-refractivity contribution is 0.0928. The molecule has 3 heterocycles. The van der Waals surface area contributed by atoms with Crippen LogP contribution in [0.4, 0.5) is 0 Å². The van der Waals surface area contributed by atoms with E-state index in [-0.39, 0.29) is 17.9 Å². The molecule has 140 valence electrons. The largest absolute Gasteiger partial charge is 0.344 e. The number of carbonyl (C=O) groups is 1. The summed E-state index contributed by atoms with van der Waals surface area (Å²) in [4.78, 5) is 23.6. The lowest BCUT2D eigenvalue weighted by Gasteiger charge is -2.22. The van der Waals surface area contributed by atoms with Gasteiger partial charge in [0.25, 0.3) is 5.91 Å². The Kier molecular flexibility index (Phi) is 5.17. The molecule has 1 amide bonds. The molecule has 4 rings (SSSR count). The normalized spacial score (nSPS) is 12.2. The molecule has 4 nitrogen and oxygen atoms in total. The van der Waals surface area contributed by atoms with Crippen LogP contribution in [-0.4, -0.2) is 15.9 Å². The van der Waals surface area contributed by atoms with Crippen LogP contribution in [0.15, 0.2) is 72.2 Å². The predicted octanol–water partition coefficient (Wildman–Crippen LogP) is 5.49. The molecule has 1 atom stereocenters. The first-order valence-corrected chi connectivity index (χ1v) is 10.2. The molecular weight excluding hydrogens is 366 g/mol. The van der Waals surface area contributed by atoms with Crippen molar-refractivity contribution in [2.75, 3.05) is 0 Å². The second-order valence-electron chi connectivity index (χ2n) is 7.00. The highest BCUT2D eigenvalue weighted by molar-refractivity contribution is 7.10. The Bertz CT molecular complexity index is 1090. The fourth-order valence-electron chi connectivity index (χ4n) is 3.26. The van der Waals surface area contributed by atoms with Gasteiger partial charge in [-0.1, -0.05) is 44.2 Å². The number of benzene rings is 1. The minimum atomic E-state index is -0.0946. The first-order chi connectivity index (χ1) is 13.6. The first kappa shape index (κ1) is 18.3. The van der Waals surface area contributed by atoms with Gasteiger partial charge in [-0.15, -0.1) is 11.3 Å². The van der Waals surface area contributed by atoms with E-state index in [9.17, 15) is 4.79 Å². The van der Waals surface area contributed by atoms with Crippen molar-refractivity contribution in [2.45, 2.75) is 19.9 Å². The van der Waals surface area contributed by atoms with E-state index >= 15 is 0 Å². The van der Waals surface area contributed by atoms with E-state index in [0.717, 1.165) is 21.5 Å². The van der Waals surface area contributed by atoms with Crippen LogP contribution < -0.4 is 5.32 Å². The zero-order chi connectivity index (χ0) is 19.5. The molecule has 1 N–H and O–H groups in total. The smallest absolute Gasteiger partial charge is 0.252 e.